The Balaban J connectivity index is 1.92. The summed E-state index contributed by atoms with van der Waals surface area (Å²) >= 11 is 0. The van der Waals surface area contributed by atoms with E-state index in [-0.39, 0.29) is 4.90 Å². The van der Waals surface area contributed by atoms with Gasteiger partial charge in [0.1, 0.15) is 0 Å². The zero-order valence-electron chi connectivity index (χ0n) is 12.3. The first-order valence-electron chi connectivity index (χ1n) is 7.21. The lowest BCUT2D eigenvalue weighted by Crippen LogP contribution is -2.22. The fourth-order valence-corrected chi connectivity index (χ4v) is 3.15. The van der Waals surface area contributed by atoms with Crippen LogP contribution in [0.1, 0.15) is 25.7 Å². The van der Waals surface area contributed by atoms with Gasteiger partial charge in [-0.05, 0) is 50.9 Å². The molecule has 118 valence electrons. The van der Waals surface area contributed by atoms with Crippen LogP contribution in [0.5, 0.6) is 0 Å². The third-order valence-corrected chi connectivity index (χ3v) is 5.07. The number of rotatable bonds is 6. The molecule has 4 N–H and O–H groups in total. The molecule has 0 amide bonds. The Morgan fingerprint density at radius 3 is 2.81 bits per heavy atom. The number of anilines is 2. The van der Waals surface area contributed by atoms with Crippen molar-refractivity contribution in [2.75, 3.05) is 31.2 Å². The van der Waals surface area contributed by atoms with Crippen molar-refractivity contribution < 1.29 is 13.2 Å². The molecule has 1 atom stereocenters. The van der Waals surface area contributed by atoms with Gasteiger partial charge >= 0.3 is 0 Å². The molecular formula is C14H23N3O3S. The van der Waals surface area contributed by atoms with Crippen molar-refractivity contribution in [3.8, 4) is 0 Å². The van der Waals surface area contributed by atoms with Crippen LogP contribution in [0, 0.1) is 0 Å². The highest BCUT2D eigenvalue weighted by Gasteiger charge is 2.15. The van der Waals surface area contributed by atoms with Gasteiger partial charge < -0.3 is 15.8 Å². The molecule has 1 aliphatic rings. The van der Waals surface area contributed by atoms with E-state index in [4.69, 9.17) is 10.5 Å². The number of hydrogen-bond donors (Lipinski definition) is 3. The number of nitrogens with one attached hydrogen (secondary N) is 2. The molecule has 1 unspecified atom stereocenters. The van der Waals surface area contributed by atoms with Crippen LogP contribution < -0.4 is 15.8 Å². The Morgan fingerprint density at radius 2 is 2.19 bits per heavy atom. The minimum atomic E-state index is -3.45. The van der Waals surface area contributed by atoms with Crippen molar-refractivity contribution in [2.24, 2.45) is 0 Å². The first kappa shape index (κ1) is 16.1. The van der Waals surface area contributed by atoms with Gasteiger partial charge in [-0.2, -0.15) is 0 Å². The van der Waals surface area contributed by atoms with E-state index in [9.17, 15) is 8.42 Å². The maximum atomic E-state index is 11.7. The maximum Gasteiger partial charge on any atom is 0.240 e. The molecule has 0 saturated carbocycles. The predicted molar refractivity (Wildman–Crippen MR) is 83.8 cm³/mol. The molecule has 21 heavy (non-hydrogen) atoms. The Kier molecular flexibility index (Phi) is 5.44. The van der Waals surface area contributed by atoms with E-state index in [1.165, 1.54) is 19.5 Å². The molecule has 0 spiro atoms. The van der Waals surface area contributed by atoms with Gasteiger partial charge in [0.25, 0.3) is 0 Å². The third-order valence-electron chi connectivity index (χ3n) is 3.66. The minimum Gasteiger partial charge on any atom is -0.397 e. The highest BCUT2D eigenvalue weighted by Crippen LogP contribution is 2.23. The monoisotopic (exact) mass is 313 g/mol. The lowest BCUT2D eigenvalue weighted by molar-refractivity contribution is 0.0134. The van der Waals surface area contributed by atoms with Crippen LogP contribution in [0.2, 0.25) is 0 Å². The van der Waals surface area contributed by atoms with Crippen LogP contribution in [0.4, 0.5) is 11.4 Å². The van der Waals surface area contributed by atoms with Crippen molar-refractivity contribution in [2.45, 2.75) is 36.7 Å². The lowest BCUT2D eigenvalue weighted by atomic mass is 10.1. The van der Waals surface area contributed by atoms with E-state index in [0.717, 1.165) is 38.1 Å². The van der Waals surface area contributed by atoms with Gasteiger partial charge in [-0.3, -0.25) is 0 Å². The zero-order valence-corrected chi connectivity index (χ0v) is 13.1. The van der Waals surface area contributed by atoms with Crippen LogP contribution in [0.3, 0.4) is 0 Å². The summed E-state index contributed by atoms with van der Waals surface area (Å²) in [5.41, 5.74) is 7.08. The summed E-state index contributed by atoms with van der Waals surface area (Å²) in [6.45, 7) is 1.61. The van der Waals surface area contributed by atoms with Gasteiger partial charge in [0, 0.05) is 13.2 Å². The quantitative estimate of drug-likeness (QED) is 0.693. The molecule has 2 rings (SSSR count). The molecule has 0 radical (unpaired) electrons. The van der Waals surface area contributed by atoms with Crippen molar-refractivity contribution in [3.63, 3.8) is 0 Å². The second kappa shape index (κ2) is 7.11. The number of benzene rings is 1. The summed E-state index contributed by atoms with van der Waals surface area (Å²) in [5, 5.41) is 3.24. The Bertz CT molecular complexity index is 569. The molecule has 0 bridgehead atoms. The molecule has 0 aliphatic carbocycles. The fourth-order valence-electron chi connectivity index (χ4n) is 2.39. The van der Waals surface area contributed by atoms with Crippen molar-refractivity contribution in [3.05, 3.63) is 18.2 Å². The van der Waals surface area contributed by atoms with E-state index >= 15 is 0 Å². The van der Waals surface area contributed by atoms with E-state index in [1.807, 2.05) is 0 Å². The van der Waals surface area contributed by atoms with E-state index in [0.29, 0.717) is 11.8 Å². The molecule has 1 heterocycles. The standard InChI is InChI=1S/C14H23N3O3S/c1-16-21(18,19)12-5-6-14(13(15)10-12)17-8-7-11-4-2-3-9-20-11/h5-6,10-11,16-17H,2-4,7-9,15H2,1H3. The maximum absolute atomic E-state index is 11.7. The molecule has 1 aromatic carbocycles. The fraction of sp³-hybridized carbons (Fsp3) is 0.571. The minimum absolute atomic E-state index is 0.170. The molecule has 1 aromatic rings. The summed E-state index contributed by atoms with van der Waals surface area (Å²) in [6.07, 6.45) is 4.73. The zero-order chi connectivity index (χ0) is 15.3. The summed E-state index contributed by atoms with van der Waals surface area (Å²) in [4.78, 5) is 0.170. The number of ether oxygens (including phenoxy) is 1. The third kappa shape index (κ3) is 4.33. The van der Waals surface area contributed by atoms with Crippen LogP contribution in [-0.2, 0) is 14.8 Å². The molecule has 7 heteroatoms. The van der Waals surface area contributed by atoms with E-state index in [2.05, 4.69) is 10.0 Å². The summed E-state index contributed by atoms with van der Waals surface area (Å²) < 4.78 is 31.3. The Hall–Kier alpha value is -1.31. The highest BCUT2D eigenvalue weighted by molar-refractivity contribution is 7.89. The van der Waals surface area contributed by atoms with Gasteiger partial charge in [0.2, 0.25) is 10.0 Å². The normalized spacial score (nSPS) is 19.4. The van der Waals surface area contributed by atoms with Crippen LogP contribution in [0.15, 0.2) is 23.1 Å². The molecule has 6 nitrogen and oxygen atoms in total. The molecule has 0 aromatic heterocycles. The van der Waals surface area contributed by atoms with E-state index < -0.39 is 10.0 Å². The largest absolute Gasteiger partial charge is 0.397 e. The Labute approximate surface area is 126 Å². The van der Waals surface area contributed by atoms with Crippen molar-refractivity contribution in [1.82, 2.24) is 4.72 Å². The molecule has 1 saturated heterocycles. The van der Waals surface area contributed by atoms with Gasteiger partial charge in [-0.25, -0.2) is 13.1 Å². The highest BCUT2D eigenvalue weighted by atomic mass is 32.2. The van der Waals surface area contributed by atoms with Gasteiger partial charge in [-0.1, -0.05) is 0 Å². The van der Waals surface area contributed by atoms with Crippen molar-refractivity contribution in [1.29, 1.82) is 0 Å². The van der Waals surface area contributed by atoms with Crippen molar-refractivity contribution >= 4 is 21.4 Å². The lowest BCUT2D eigenvalue weighted by Gasteiger charge is -2.22. The topological polar surface area (TPSA) is 93.5 Å². The van der Waals surface area contributed by atoms with E-state index in [1.54, 1.807) is 12.1 Å². The summed E-state index contributed by atoms with van der Waals surface area (Å²) in [6, 6.07) is 4.70. The summed E-state index contributed by atoms with van der Waals surface area (Å²) in [7, 11) is -2.08. The van der Waals surface area contributed by atoms with Crippen LogP contribution in [-0.4, -0.2) is 34.7 Å². The summed E-state index contributed by atoms with van der Waals surface area (Å²) in [5.74, 6) is 0. The SMILES string of the molecule is CNS(=O)(=O)c1ccc(NCCC2CCCCO2)c(N)c1. The number of hydrogen-bond acceptors (Lipinski definition) is 5. The molecule has 1 aliphatic heterocycles. The van der Waals surface area contributed by atoms with Crippen LogP contribution in [0.25, 0.3) is 0 Å². The average molecular weight is 313 g/mol. The second-order valence-electron chi connectivity index (χ2n) is 5.16. The first-order valence-corrected chi connectivity index (χ1v) is 8.70. The average Bonchev–Trinajstić information content (AvgIpc) is 2.50. The molecule has 1 fully saturated rings. The number of nitrogen functional groups attached to an aromatic ring is 1. The number of sulfonamides is 1. The predicted octanol–water partition coefficient (Wildman–Crippen LogP) is 1.55. The van der Waals surface area contributed by atoms with Gasteiger partial charge in [-0.15, -0.1) is 0 Å². The second-order valence-corrected chi connectivity index (χ2v) is 7.05. The van der Waals surface area contributed by atoms with Gasteiger partial charge in [0.15, 0.2) is 0 Å². The molecular weight excluding hydrogens is 290 g/mol. The Morgan fingerprint density at radius 1 is 1.38 bits per heavy atom. The number of nitrogens with two attached hydrogens (primary N) is 1. The van der Waals surface area contributed by atoms with Crippen LogP contribution >= 0.6 is 0 Å². The first-order chi connectivity index (χ1) is 10.0. The van der Waals surface area contributed by atoms with Gasteiger partial charge in [0.05, 0.1) is 22.4 Å². The smallest absolute Gasteiger partial charge is 0.240 e.